The number of methoxy groups -OCH3 is 1. The summed E-state index contributed by atoms with van der Waals surface area (Å²) >= 11 is 5.39. The van der Waals surface area contributed by atoms with E-state index in [0.29, 0.717) is 12.3 Å². The zero-order valence-electron chi connectivity index (χ0n) is 6.68. The number of carbonyl (C=O) groups is 1. The highest BCUT2D eigenvalue weighted by Gasteiger charge is 1.96. The van der Waals surface area contributed by atoms with Crippen LogP contribution in [0.15, 0.2) is 12.2 Å². The molecule has 0 aromatic carbocycles. The number of hydrogen-bond donors (Lipinski definition) is 0. The molecular formula is C8H13ClO2. The zero-order valence-corrected chi connectivity index (χ0v) is 7.43. The van der Waals surface area contributed by atoms with Gasteiger partial charge in [-0.2, -0.15) is 0 Å². The van der Waals surface area contributed by atoms with Crippen LogP contribution in [-0.2, 0) is 9.53 Å². The number of unbranched alkanes of at least 4 members (excludes halogenated alkanes) is 1. The smallest absolute Gasteiger partial charge is 0.305 e. The average molecular weight is 177 g/mol. The standard InChI is InChI=1S/C8H13ClO2/c1-11-8(10)6-4-2-3-5-7-9/h3,5H,2,4,6-7H2,1H3. The molecule has 2 nitrogen and oxygen atoms in total. The molecule has 0 bridgehead atoms. The Labute approximate surface area is 72.2 Å². The van der Waals surface area contributed by atoms with Crippen LogP contribution in [0.4, 0.5) is 0 Å². The Hall–Kier alpha value is -0.500. The van der Waals surface area contributed by atoms with E-state index in [1.807, 2.05) is 12.2 Å². The van der Waals surface area contributed by atoms with Gasteiger partial charge >= 0.3 is 5.97 Å². The average Bonchev–Trinajstić information content (AvgIpc) is 2.04. The van der Waals surface area contributed by atoms with E-state index in [4.69, 9.17) is 11.6 Å². The van der Waals surface area contributed by atoms with Gasteiger partial charge in [0.05, 0.1) is 7.11 Å². The van der Waals surface area contributed by atoms with E-state index >= 15 is 0 Å². The Kier molecular flexibility index (Phi) is 7.26. The molecule has 0 aliphatic rings. The predicted molar refractivity (Wildman–Crippen MR) is 45.7 cm³/mol. The van der Waals surface area contributed by atoms with Crippen molar-refractivity contribution in [2.75, 3.05) is 13.0 Å². The summed E-state index contributed by atoms with van der Waals surface area (Å²) < 4.78 is 4.47. The second-order valence-corrected chi connectivity index (χ2v) is 2.40. The molecule has 0 heterocycles. The van der Waals surface area contributed by atoms with E-state index in [2.05, 4.69) is 4.74 Å². The van der Waals surface area contributed by atoms with Gasteiger partial charge in [0.15, 0.2) is 0 Å². The van der Waals surface area contributed by atoms with Crippen LogP contribution < -0.4 is 0 Å². The van der Waals surface area contributed by atoms with Crippen LogP contribution in [0.1, 0.15) is 19.3 Å². The van der Waals surface area contributed by atoms with Gasteiger partial charge in [-0.1, -0.05) is 12.2 Å². The number of hydrogen-bond acceptors (Lipinski definition) is 2. The maximum absolute atomic E-state index is 10.6. The van der Waals surface area contributed by atoms with Crippen molar-refractivity contribution in [1.82, 2.24) is 0 Å². The SMILES string of the molecule is COC(=O)CCCC=CCCl. The molecule has 0 N–H and O–H groups in total. The molecule has 0 fully saturated rings. The summed E-state index contributed by atoms with van der Waals surface area (Å²) in [5, 5.41) is 0. The van der Waals surface area contributed by atoms with Gasteiger partial charge in [0, 0.05) is 12.3 Å². The Morgan fingerprint density at radius 3 is 2.82 bits per heavy atom. The summed E-state index contributed by atoms with van der Waals surface area (Å²) in [4.78, 5) is 10.6. The Morgan fingerprint density at radius 2 is 2.27 bits per heavy atom. The van der Waals surface area contributed by atoms with Gasteiger partial charge < -0.3 is 4.74 Å². The van der Waals surface area contributed by atoms with Gasteiger partial charge in [-0.25, -0.2) is 0 Å². The van der Waals surface area contributed by atoms with E-state index in [0.717, 1.165) is 12.8 Å². The minimum Gasteiger partial charge on any atom is -0.469 e. The first-order valence-corrected chi connectivity index (χ1v) is 4.12. The van der Waals surface area contributed by atoms with Gasteiger partial charge in [0.1, 0.15) is 0 Å². The fourth-order valence-electron chi connectivity index (χ4n) is 0.647. The molecule has 11 heavy (non-hydrogen) atoms. The topological polar surface area (TPSA) is 26.3 Å². The molecule has 0 atom stereocenters. The number of halogens is 1. The van der Waals surface area contributed by atoms with Crippen LogP contribution in [0.5, 0.6) is 0 Å². The molecule has 0 spiro atoms. The minimum absolute atomic E-state index is 0.149. The predicted octanol–water partition coefficient (Wildman–Crippen LogP) is 2.12. The lowest BCUT2D eigenvalue weighted by atomic mass is 10.2. The Bertz CT molecular complexity index is 132. The fraction of sp³-hybridized carbons (Fsp3) is 0.625. The Balaban J connectivity index is 3.14. The van der Waals surface area contributed by atoms with Crippen molar-refractivity contribution in [3.8, 4) is 0 Å². The maximum atomic E-state index is 10.6. The summed E-state index contributed by atoms with van der Waals surface area (Å²) in [7, 11) is 1.40. The molecule has 0 radical (unpaired) electrons. The number of esters is 1. The van der Waals surface area contributed by atoms with Crippen molar-refractivity contribution in [2.24, 2.45) is 0 Å². The van der Waals surface area contributed by atoms with Gasteiger partial charge in [0.25, 0.3) is 0 Å². The number of alkyl halides is 1. The first-order chi connectivity index (χ1) is 5.31. The van der Waals surface area contributed by atoms with Crippen LogP contribution in [0.25, 0.3) is 0 Å². The molecule has 0 saturated carbocycles. The van der Waals surface area contributed by atoms with E-state index in [1.165, 1.54) is 7.11 Å². The van der Waals surface area contributed by atoms with Crippen molar-refractivity contribution in [3.05, 3.63) is 12.2 Å². The number of rotatable bonds is 5. The largest absolute Gasteiger partial charge is 0.469 e. The summed E-state index contributed by atoms with van der Waals surface area (Å²) in [6, 6.07) is 0. The van der Waals surface area contributed by atoms with Crippen molar-refractivity contribution in [1.29, 1.82) is 0 Å². The highest BCUT2D eigenvalue weighted by molar-refractivity contribution is 6.18. The minimum atomic E-state index is -0.149. The first kappa shape index (κ1) is 10.5. The maximum Gasteiger partial charge on any atom is 0.305 e. The van der Waals surface area contributed by atoms with E-state index in [1.54, 1.807) is 0 Å². The van der Waals surface area contributed by atoms with Gasteiger partial charge in [-0.05, 0) is 12.8 Å². The first-order valence-electron chi connectivity index (χ1n) is 3.59. The summed E-state index contributed by atoms with van der Waals surface area (Å²) in [5.41, 5.74) is 0. The van der Waals surface area contributed by atoms with Crippen LogP contribution in [0.3, 0.4) is 0 Å². The fourth-order valence-corrected chi connectivity index (χ4v) is 0.773. The van der Waals surface area contributed by atoms with E-state index < -0.39 is 0 Å². The highest BCUT2D eigenvalue weighted by Crippen LogP contribution is 1.98. The summed E-state index contributed by atoms with van der Waals surface area (Å²) in [6.45, 7) is 0. The molecule has 0 rings (SSSR count). The van der Waals surface area contributed by atoms with E-state index in [9.17, 15) is 4.79 Å². The Morgan fingerprint density at radius 1 is 1.55 bits per heavy atom. The van der Waals surface area contributed by atoms with Crippen molar-refractivity contribution in [3.63, 3.8) is 0 Å². The summed E-state index contributed by atoms with van der Waals surface area (Å²) in [5.74, 6) is 0.391. The van der Waals surface area contributed by atoms with Gasteiger partial charge in [-0.15, -0.1) is 11.6 Å². The lowest BCUT2D eigenvalue weighted by Gasteiger charge is -1.94. The molecular weight excluding hydrogens is 164 g/mol. The molecule has 0 amide bonds. The lowest BCUT2D eigenvalue weighted by Crippen LogP contribution is -1.98. The van der Waals surface area contributed by atoms with Crippen LogP contribution in [-0.4, -0.2) is 19.0 Å². The highest BCUT2D eigenvalue weighted by atomic mass is 35.5. The molecule has 3 heteroatoms. The number of carbonyl (C=O) groups excluding carboxylic acids is 1. The zero-order chi connectivity index (χ0) is 8.53. The van der Waals surface area contributed by atoms with Crippen LogP contribution in [0.2, 0.25) is 0 Å². The van der Waals surface area contributed by atoms with Crippen molar-refractivity contribution < 1.29 is 9.53 Å². The molecule has 0 aliphatic heterocycles. The second kappa shape index (κ2) is 7.61. The van der Waals surface area contributed by atoms with Crippen LogP contribution >= 0.6 is 11.6 Å². The third-order valence-electron chi connectivity index (χ3n) is 1.24. The molecule has 0 aliphatic carbocycles. The second-order valence-electron chi connectivity index (χ2n) is 2.09. The third kappa shape index (κ3) is 7.40. The van der Waals surface area contributed by atoms with Gasteiger partial charge in [-0.3, -0.25) is 4.79 Å². The number of allylic oxidation sites excluding steroid dienone is 2. The van der Waals surface area contributed by atoms with Crippen molar-refractivity contribution >= 4 is 17.6 Å². The molecule has 0 saturated heterocycles. The quantitative estimate of drug-likeness (QED) is 0.278. The summed E-state index contributed by atoms with van der Waals surface area (Å²) in [6.07, 6.45) is 6.06. The molecule has 0 aromatic heterocycles. The van der Waals surface area contributed by atoms with Gasteiger partial charge in [0.2, 0.25) is 0 Å². The normalized spacial score (nSPS) is 10.4. The molecule has 0 aromatic rings. The van der Waals surface area contributed by atoms with Crippen molar-refractivity contribution in [2.45, 2.75) is 19.3 Å². The van der Waals surface area contributed by atoms with Crippen LogP contribution in [0, 0.1) is 0 Å². The van der Waals surface area contributed by atoms with E-state index in [-0.39, 0.29) is 5.97 Å². The number of ether oxygens (including phenoxy) is 1. The third-order valence-corrected chi connectivity index (χ3v) is 1.41. The monoisotopic (exact) mass is 176 g/mol. The molecule has 0 unspecified atom stereocenters. The molecule has 64 valence electrons. The lowest BCUT2D eigenvalue weighted by molar-refractivity contribution is -0.140.